The summed E-state index contributed by atoms with van der Waals surface area (Å²) < 4.78 is 5.88. The third kappa shape index (κ3) is 1.33. The number of carbonyl (C=O) groups is 1. The van der Waals surface area contributed by atoms with Crippen molar-refractivity contribution in [3.05, 3.63) is 0 Å². The van der Waals surface area contributed by atoms with E-state index in [1.165, 1.54) is 6.42 Å². The Morgan fingerprint density at radius 1 is 1.19 bits per heavy atom. The first kappa shape index (κ1) is 10.6. The minimum atomic E-state index is -0.555. The summed E-state index contributed by atoms with van der Waals surface area (Å²) in [4.78, 5) is 11.5. The monoisotopic (exact) mass is 224 g/mol. The lowest BCUT2D eigenvalue weighted by Crippen LogP contribution is -2.53. The summed E-state index contributed by atoms with van der Waals surface area (Å²) in [6, 6.07) is 0. The number of aliphatic carboxylic acids is 1. The van der Waals surface area contributed by atoms with Crippen LogP contribution in [-0.4, -0.2) is 23.3 Å². The number of carboxylic acid groups (broad SMARTS) is 1. The molecule has 3 rings (SSSR count). The Balaban J connectivity index is 1.76. The minimum Gasteiger partial charge on any atom is -0.481 e. The quantitative estimate of drug-likeness (QED) is 0.784. The second kappa shape index (κ2) is 3.46. The summed E-state index contributed by atoms with van der Waals surface area (Å²) in [6.07, 6.45) is 8.39. The van der Waals surface area contributed by atoms with Crippen LogP contribution < -0.4 is 0 Å². The van der Waals surface area contributed by atoms with Gasteiger partial charge in [-0.3, -0.25) is 4.79 Å². The predicted octanol–water partition coefficient (Wildman–Crippen LogP) is 2.59. The van der Waals surface area contributed by atoms with Gasteiger partial charge < -0.3 is 9.84 Å². The number of ether oxygens (including phenoxy) is 1. The van der Waals surface area contributed by atoms with E-state index in [0.29, 0.717) is 5.92 Å². The predicted molar refractivity (Wildman–Crippen MR) is 59.2 cm³/mol. The molecule has 1 heterocycles. The average molecular weight is 224 g/mol. The van der Waals surface area contributed by atoms with Crippen LogP contribution >= 0.6 is 0 Å². The Labute approximate surface area is 96.2 Å². The summed E-state index contributed by atoms with van der Waals surface area (Å²) in [5, 5.41) is 9.46. The van der Waals surface area contributed by atoms with Crippen molar-refractivity contribution in [2.75, 3.05) is 6.61 Å². The van der Waals surface area contributed by atoms with Gasteiger partial charge in [0.25, 0.3) is 0 Å². The van der Waals surface area contributed by atoms with Crippen LogP contribution in [0.4, 0.5) is 0 Å². The molecular formula is C13H20O3. The second-order valence-corrected chi connectivity index (χ2v) is 5.89. The smallest absolute Gasteiger partial charge is 0.309 e. The number of carboxylic acids is 1. The zero-order valence-corrected chi connectivity index (χ0v) is 9.71. The summed E-state index contributed by atoms with van der Waals surface area (Å²) >= 11 is 0. The molecule has 90 valence electrons. The van der Waals surface area contributed by atoms with E-state index in [-0.39, 0.29) is 11.0 Å². The molecule has 0 radical (unpaired) electrons. The Kier molecular flexibility index (Phi) is 2.29. The SMILES string of the molecule is O=C(O)C1(C2CCOC3(CCC3)C2)CCC1. The fourth-order valence-corrected chi connectivity index (χ4v) is 3.77. The van der Waals surface area contributed by atoms with Crippen molar-refractivity contribution in [1.82, 2.24) is 0 Å². The van der Waals surface area contributed by atoms with Gasteiger partial charge in [-0.1, -0.05) is 6.42 Å². The van der Waals surface area contributed by atoms with Gasteiger partial charge in [-0.05, 0) is 50.9 Å². The first-order valence-electron chi connectivity index (χ1n) is 6.54. The highest BCUT2D eigenvalue weighted by Crippen LogP contribution is 2.55. The molecule has 1 spiro atoms. The first-order chi connectivity index (χ1) is 7.67. The van der Waals surface area contributed by atoms with E-state index in [9.17, 15) is 9.90 Å². The average Bonchev–Trinajstić information content (AvgIpc) is 2.13. The van der Waals surface area contributed by atoms with Crippen LogP contribution in [-0.2, 0) is 9.53 Å². The van der Waals surface area contributed by atoms with Gasteiger partial charge in [0.2, 0.25) is 0 Å². The highest BCUT2D eigenvalue weighted by molar-refractivity contribution is 5.76. The Hall–Kier alpha value is -0.570. The van der Waals surface area contributed by atoms with Crippen molar-refractivity contribution in [1.29, 1.82) is 0 Å². The molecule has 0 bridgehead atoms. The molecule has 1 aliphatic heterocycles. The minimum absolute atomic E-state index is 0.0843. The molecule has 1 atom stereocenters. The summed E-state index contributed by atoms with van der Waals surface area (Å²) in [6.45, 7) is 0.777. The molecule has 3 heteroatoms. The highest BCUT2D eigenvalue weighted by atomic mass is 16.5. The van der Waals surface area contributed by atoms with Crippen LogP contribution in [0.15, 0.2) is 0 Å². The van der Waals surface area contributed by atoms with E-state index < -0.39 is 5.97 Å². The molecule has 1 saturated heterocycles. The van der Waals surface area contributed by atoms with E-state index in [2.05, 4.69) is 0 Å². The van der Waals surface area contributed by atoms with Crippen molar-refractivity contribution >= 4 is 5.97 Å². The van der Waals surface area contributed by atoms with Crippen LogP contribution in [0.1, 0.15) is 51.4 Å². The zero-order valence-electron chi connectivity index (χ0n) is 9.71. The van der Waals surface area contributed by atoms with Crippen molar-refractivity contribution in [2.45, 2.75) is 57.0 Å². The third-order valence-electron chi connectivity index (χ3n) is 5.21. The lowest BCUT2D eigenvalue weighted by atomic mass is 9.56. The first-order valence-corrected chi connectivity index (χ1v) is 6.54. The van der Waals surface area contributed by atoms with Crippen LogP contribution in [0.5, 0.6) is 0 Å². The summed E-state index contributed by atoms with van der Waals surface area (Å²) in [5.41, 5.74) is -0.298. The number of hydrogen-bond donors (Lipinski definition) is 1. The van der Waals surface area contributed by atoms with Crippen LogP contribution in [0.25, 0.3) is 0 Å². The maximum absolute atomic E-state index is 11.5. The van der Waals surface area contributed by atoms with Gasteiger partial charge >= 0.3 is 5.97 Å². The second-order valence-electron chi connectivity index (χ2n) is 5.89. The molecule has 2 aliphatic carbocycles. The molecule has 0 aromatic heterocycles. The van der Waals surface area contributed by atoms with E-state index in [4.69, 9.17) is 4.74 Å². The maximum Gasteiger partial charge on any atom is 0.309 e. The summed E-state index contributed by atoms with van der Waals surface area (Å²) in [5.74, 6) is -0.187. The molecule has 0 aromatic carbocycles. The van der Waals surface area contributed by atoms with Gasteiger partial charge in [0.05, 0.1) is 11.0 Å². The molecule has 3 nitrogen and oxygen atoms in total. The molecule has 0 amide bonds. The van der Waals surface area contributed by atoms with Gasteiger partial charge in [-0.2, -0.15) is 0 Å². The van der Waals surface area contributed by atoms with E-state index in [1.807, 2.05) is 0 Å². The Bertz CT molecular complexity index is 302. The van der Waals surface area contributed by atoms with Gasteiger partial charge in [-0.25, -0.2) is 0 Å². The largest absolute Gasteiger partial charge is 0.481 e. The van der Waals surface area contributed by atoms with Crippen molar-refractivity contribution in [2.24, 2.45) is 11.3 Å². The highest BCUT2D eigenvalue weighted by Gasteiger charge is 2.55. The third-order valence-corrected chi connectivity index (χ3v) is 5.21. The van der Waals surface area contributed by atoms with Crippen LogP contribution in [0, 0.1) is 11.3 Å². The zero-order chi connectivity index (χ0) is 11.2. The lowest BCUT2D eigenvalue weighted by molar-refractivity contribution is -0.186. The number of rotatable bonds is 2. The molecule has 1 N–H and O–H groups in total. The standard InChI is InChI=1S/C13H20O3/c14-11(15)13(6-2-7-13)10-3-8-16-12(9-10)4-1-5-12/h10H,1-9H2,(H,14,15). The van der Waals surface area contributed by atoms with Gasteiger partial charge in [0.15, 0.2) is 0 Å². The number of hydrogen-bond acceptors (Lipinski definition) is 2. The van der Waals surface area contributed by atoms with Gasteiger partial charge in [-0.15, -0.1) is 0 Å². The fraction of sp³-hybridized carbons (Fsp3) is 0.923. The van der Waals surface area contributed by atoms with E-state index >= 15 is 0 Å². The van der Waals surface area contributed by atoms with E-state index in [1.54, 1.807) is 0 Å². The van der Waals surface area contributed by atoms with Crippen molar-refractivity contribution in [3.8, 4) is 0 Å². The normalized spacial score (nSPS) is 35.1. The van der Waals surface area contributed by atoms with Crippen LogP contribution in [0.3, 0.4) is 0 Å². The fourth-order valence-electron chi connectivity index (χ4n) is 3.77. The topological polar surface area (TPSA) is 46.5 Å². The van der Waals surface area contributed by atoms with E-state index in [0.717, 1.165) is 51.6 Å². The summed E-state index contributed by atoms with van der Waals surface area (Å²) in [7, 11) is 0. The van der Waals surface area contributed by atoms with Gasteiger partial charge in [0, 0.05) is 6.61 Å². The van der Waals surface area contributed by atoms with Crippen molar-refractivity contribution < 1.29 is 14.6 Å². The van der Waals surface area contributed by atoms with Crippen molar-refractivity contribution in [3.63, 3.8) is 0 Å². The van der Waals surface area contributed by atoms with Gasteiger partial charge in [0.1, 0.15) is 0 Å². The molecule has 16 heavy (non-hydrogen) atoms. The Morgan fingerprint density at radius 2 is 1.88 bits per heavy atom. The molecule has 3 fully saturated rings. The maximum atomic E-state index is 11.5. The lowest BCUT2D eigenvalue weighted by Gasteiger charge is -2.53. The Morgan fingerprint density at radius 3 is 2.31 bits per heavy atom. The van der Waals surface area contributed by atoms with Crippen LogP contribution in [0.2, 0.25) is 0 Å². The molecule has 3 aliphatic rings. The molecule has 0 aromatic rings. The molecule has 2 saturated carbocycles. The molecule has 1 unspecified atom stereocenters. The molecular weight excluding hydrogens is 204 g/mol.